The van der Waals surface area contributed by atoms with Crippen LogP contribution in [0, 0.1) is 11.3 Å². The maximum absolute atomic E-state index is 8.80. The second-order valence-corrected chi connectivity index (χ2v) is 4.72. The van der Waals surface area contributed by atoms with Crippen LogP contribution in [0.2, 0.25) is 0 Å². The molecule has 0 bridgehead atoms. The lowest BCUT2D eigenvalue weighted by Gasteiger charge is -2.29. The average Bonchev–Trinajstić information content (AvgIpc) is 2.40. The Morgan fingerprint density at radius 3 is 2.68 bits per heavy atom. The molecule has 0 aliphatic heterocycles. The van der Waals surface area contributed by atoms with Gasteiger partial charge in [-0.05, 0) is 20.3 Å². The summed E-state index contributed by atoms with van der Waals surface area (Å²) in [5.74, 6) is 1.83. The van der Waals surface area contributed by atoms with Crippen LogP contribution >= 0.6 is 0 Å². The van der Waals surface area contributed by atoms with Gasteiger partial charge in [-0.25, -0.2) is 9.97 Å². The normalized spacial score (nSPS) is 10.3. The van der Waals surface area contributed by atoms with E-state index in [0.717, 1.165) is 30.0 Å². The maximum Gasteiger partial charge on any atom is 0.137 e. The Morgan fingerprint density at radius 1 is 1.42 bits per heavy atom. The predicted molar refractivity (Wildman–Crippen MR) is 78.3 cm³/mol. The van der Waals surface area contributed by atoms with Gasteiger partial charge in [0, 0.05) is 25.2 Å². The zero-order chi connectivity index (χ0) is 14.3. The molecule has 0 aliphatic rings. The van der Waals surface area contributed by atoms with Gasteiger partial charge in [0.05, 0.1) is 12.5 Å². The highest BCUT2D eigenvalue weighted by Gasteiger charge is 2.18. The van der Waals surface area contributed by atoms with Crippen molar-refractivity contribution in [2.75, 3.05) is 23.8 Å². The Morgan fingerprint density at radius 2 is 2.16 bits per heavy atom. The summed E-state index contributed by atoms with van der Waals surface area (Å²) >= 11 is 0. The van der Waals surface area contributed by atoms with E-state index >= 15 is 0 Å². The number of nitrogens with one attached hydrogen (secondary N) is 1. The molecule has 0 spiro atoms. The second kappa shape index (κ2) is 7.57. The molecule has 0 atom stereocenters. The average molecular weight is 261 g/mol. The summed E-state index contributed by atoms with van der Waals surface area (Å²) in [6.07, 6.45) is 4.06. The topological polar surface area (TPSA) is 64.8 Å². The van der Waals surface area contributed by atoms with E-state index in [2.05, 4.69) is 47.0 Å². The summed E-state index contributed by atoms with van der Waals surface area (Å²) in [6.45, 7) is 7.08. The molecular formula is C14H23N5. The van der Waals surface area contributed by atoms with Crippen LogP contribution in [-0.2, 0) is 6.42 Å². The molecule has 5 heteroatoms. The lowest BCUT2D eigenvalue weighted by molar-refractivity contribution is 0.669. The molecule has 1 N–H and O–H groups in total. The van der Waals surface area contributed by atoms with Crippen LogP contribution in [0.3, 0.4) is 0 Å². The van der Waals surface area contributed by atoms with Gasteiger partial charge in [0.15, 0.2) is 0 Å². The van der Waals surface area contributed by atoms with Gasteiger partial charge in [-0.2, -0.15) is 5.26 Å². The monoisotopic (exact) mass is 261 g/mol. The number of nitrogens with zero attached hydrogens (tertiary/aromatic N) is 4. The Balaban J connectivity index is 3.17. The molecule has 0 aromatic carbocycles. The number of anilines is 2. The van der Waals surface area contributed by atoms with Crippen LogP contribution in [0.15, 0.2) is 6.33 Å². The van der Waals surface area contributed by atoms with Crippen LogP contribution in [-0.4, -0.2) is 29.6 Å². The van der Waals surface area contributed by atoms with Crippen molar-refractivity contribution in [1.82, 2.24) is 9.97 Å². The van der Waals surface area contributed by atoms with E-state index in [1.165, 1.54) is 0 Å². The molecule has 0 unspecified atom stereocenters. The van der Waals surface area contributed by atoms with Crippen molar-refractivity contribution in [2.24, 2.45) is 0 Å². The van der Waals surface area contributed by atoms with E-state index in [-0.39, 0.29) is 0 Å². The van der Waals surface area contributed by atoms with Crippen molar-refractivity contribution >= 4 is 11.6 Å². The fourth-order valence-corrected chi connectivity index (χ4v) is 2.13. The molecule has 1 rings (SSSR count). The fraction of sp³-hybridized carbons (Fsp3) is 0.643. The third kappa shape index (κ3) is 3.82. The summed E-state index contributed by atoms with van der Waals surface area (Å²) in [7, 11) is 1.88. The van der Waals surface area contributed by atoms with E-state index in [9.17, 15) is 0 Å². The van der Waals surface area contributed by atoms with Crippen molar-refractivity contribution in [2.45, 2.75) is 46.1 Å². The highest BCUT2D eigenvalue weighted by molar-refractivity contribution is 5.59. The van der Waals surface area contributed by atoms with E-state index in [0.29, 0.717) is 19.0 Å². The molecule has 0 saturated carbocycles. The lowest BCUT2D eigenvalue weighted by atomic mass is 10.1. The first-order chi connectivity index (χ1) is 9.15. The first-order valence-electron chi connectivity index (χ1n) is 6.80. The van der Waals surface area contributed by atoms with Gasteiger partial charge in [-0.3, -0.25) is 0 Å². The van der Waals surface area contributed by atoms with Gasteiger partial charge in [0.1, 0.15) is 18.0 Å². The molecular weight excluding hydrogens is 238 g/mol. The molecule has 1 aromatic heterocycles. The van der Waals surface area contributed by atoms with Crippen LogP contribution in [0.4, 0.5) is 11.6 Å². The molecule has 0 amide bonds. The first-order valence-corrected chi connectivity index (χ1v) is 6.80. The molecule has 1 heterocycles. The molecule has 0 aliphatic carbocycles. The Kier molecular flexibility index (Phi) is 6.07. The minimum atomic E-state index is 0.309. The van der Waals surface area contributed by atoms with Gasteiger partial charge < -0.3 is 10.2 Å². The van der Waals surface area contributed by atoms with Gasteiger partial charge in [0.2, 0.25) is 0 Å². The molecule has 19 heavy (non-hydrogen) atoms. The standard InChI is InChI=1S/C14H23N5/c1-5-7-12-13(16-4)17-10-18-14(12)19(11(2)3)9-6-8-15/h10-11H,5-7,9H2,1-4H3,(H,16,17,18). The molecule has 5 nitrogen and oxygen atoms in total. The van der Waals surface area contributed by atoms with Gasteiger partial charge in [-0.15, -0.1) is 0 Å². The Hall–Kier alpha value is -1.83. The maximum atomic E-state index is 8.80. The number of hydrogen-bond donors (Lipinski definition) is 1. The van der Waals surface area contributed by atoms with Crippen LogP contribution in [0.25, 0.3) is 0 Å². The molecule has 0 fully saturated rings. The molecule has 0 radical (unpaired) electrons. The summed E-state index contributed by atoms with van der Waals surface area (Å²) in [5.41, 5.74) is 1.14. The van der Waals surface area contributed by atoms with E-state index < -0.39 is 0 Å². The number of nitriles is 1. The van der Waals surface area contributed by atoms with E-state index in [4.69, 9.17) is 5.26 Å². The highest BCUT2D eigenvalue weighted by Crippen LogP contribution is 2.26. The fourth-order valence-electron chi connectivity index (χ4n) is 2.13. The van der Waals surface area contributed by atoms with Crippen molar-refractivity contribution in [3.63, 3.8) is 0 Å². The third-order valence-corrected chi connectivity index (χ3v) is 3.02. The quantitative estimate of drug-likeness (QED) is 0.817. The van der Waals surface area contributed by atoms with Crippen molar-refractivity contribution in [1.29, 1.82) is 5.26 Å². The predicted octanol–water partition coefficient (Wildman–Crippen LogP) is 2.60. The number of rotatable bonds is 7. The largest absolute Gasteiger partial charge is 0.373 e. The Labute approximate surface area is 115 Å². The van der Waals surface area contributed by atoms with Crippen LogP contribution in [0.1, 0.15) is 39.2 Å². The van der Waals surface area contributed by atoms with Crippen LogP contribution in [0.5, 0.6) is 0 Å². The third-order valence-electron chi connectivity index (χ3n) is 3.02. The minimum absolute atomic E-state index is 0.309. The summed E-state index contributed by atoms with van der Waals surface area (Å²) in [6, 6.07) is 2.51. The number of hydrogen-bond acceptors (Lipinski definition) is 5. The molecule has 104 valence electrons. The molecule has 1 aromatic rings. The zero-order valence-electron chi connectivity index (χ0n) is 12.3. The summed E-state index contributed by atoms with van der Waals surface area (Å²) < 4.78 is 0. The van der Waals surface area contributed by atoms with Crippen molar-refractivity contribution in [3.8, 4) is 6.07 Å². The van der Waals surface area contributed by atoms with Gasteiger partial charge in [-0.1, -0.05) is 13.3 Å². The summed E-state index contributed by atoms with van der Waals surface area (Å²) in [5, 5.41) is 11.9. The van der Waals surface area contributed by atoms with Gasteiger partial charge >= 0.3 is 0 Å². The van der Waals surface area contributed by atoms with Crippen molar-refractivity contribution in [3.05, 3.63) is 11.9 Å². The minimum Gasteiger partial charge on any atom is -0.373 e. The smallest absolute Gasteiger partial charge is 0.137 e. The molecule has 0 saturated heterocycles. The highest BCUT2D eigenvalue weighted by atomic mass is 15.2. The summed E-state index contributed by atoms with van der Waals surface area (Å²) in [4.78, 5) is 10.9. The van der Waals surface area contributed by atoms with E-state index in [1.807, 2.05) is 7.05 Å². The SMILES string of the molecule is CCCc1c(NC)ncnc1N(CCC#N)C(C)C. The first kappa shape index (κ1) is 15.2. The zero-order valence-corrected chi connectivity index (χ0v) is 12.3. The van der Waals surface area contributed by atoms with Crippen molar-refractivity contribution < 1.29 is 0 Å². The Bertz CT molecular complexity index is 436. The van der Waals surface area contributed by atoms with Gasteiger partial charge in [0.25, 0.3) is 0 Å². The van der Waals surface area contributed by atoms with E-state index in [1.54, 1.807) is 6.33 Å². The lowest BCUT2D eigenvalue weighted by Crippen LogP contribution is -2.33. The number of aromatic nitrogens is 2. The second-order valence-electron chi connectivity index (χ2n) is 4.72. The van der Waals surface area contributed by atoms with Crippen LogP contribution < -0.4 is 10.2 Å².